The van der Waals surface area contributed by atoms with Crippen LogP contribution in [0, 0.1) is 0 Å². The summed E-state index contributed by atoms with van der Waals surface area (Å²) < 4.78 is 20.6. The maximum Gasteiger partial charge on any atom is 0.319 e. The maximum atomic E-state index is 12.4. The number of benzene rings is 2. The van der Waals surface area contributed by atoms with E-state index >= 15 is 0 Å². The molecule has 0 saturated carbocycles. The van der Waals surface area contributed by atoms with Crippen molar-refractivity contribution in [3.8, 4) is 5.75 Å². The zero-order valence-electron chi connectivity index (χ0n) is 19.3. The monoisotopic (exact) mass is 496 g/mol. The summed E-state index contributed by atoms with van der Waals surface area (Å²) in [6.07, 6.45) is 2.44. The van der Waals surface area contributed by atoms with Crippen LogP contribution in [0.3, 0.4) is 0 Å². The second-order valence-corrected chi connectivity index (χ2v) is 8.89. The molecule has 2 amide bonds. The Bertz CT molecular complexity index is 1180. The lowest BCUT2D eigenvalue weighted by molar-refractivity contribution is 0.252. The van der Waals surface area contributed by atoms with Gasteiger partial charge in [0.15, 0.2) is 5.82 Å². The lowest BCUT2D eigenvalue weighted by atomic mass is 10.3. The highest BCUT2D eigenvalue weighted by molar-refractivity contribution is 7.83. The predicted octanol–water partition coefficient (Wildman–Crippen LogP) is 2.89. The maximum absolute atomic E-state index is 12.4. The predicted molar refractivity (Wildman–Crippen MR) is 138 cm³/mol. The summed E-state index contributed by atoms with van der Waals surface area (Å²) in [6, 6.07) is 14.1. The molecule has 12 heteroatoms. The molecule has 6 N–H and O–H groups in total. The van der Waals surface area contributed by atoms with Crippen molar-refractivity contribution < 1.29 is 13.7 Å². The van der Waals surface area contributed by atoms with E-state index in [0.29, 0.717) is 54.2 Å². The van der Waals surface area contributed by atoms with Crippen LogP contribution in [0.15, 0.2) is 59.6 Å². The highest BCUT2D eigenvalue weighted by Crippen LogP contribution is 2.23. The van der Waals surface area contributed by atoms with Gasteiger partial charge in [0.25, 0.3) is 0 Å². The van der Waals surface area contributed by atoms with E-state index in [-0.39, 0.29) is 6.03 Å². The van der Waals surface area contributed by atoms with Crippen molar-refractivity contribution in [2.75, 3.05) is 54.6 Å². The number of nitrogens with zero attached hydrogens (tertiary/aromatic N) is 2. The van der Waals surface area contributed by atoms with Crippen LogP contribution in [0.25, 0.3) is 0 Å². The number of urea groups is 1. The molecule has 1 aliphatic heterocycles. The molecule has 1 atom stereocenters. The first-order valence-corrected chi connectivity index (χ1v) is 12.3. The van der Waals surface area contributed by atoms with Gasteiger partial charge in [0.1, 0.15) is 16.7 Å². The van der Waals surface area contributed by atoms with Gasteiger partial charge in [0.05, 0.1) is 23.9 Å². The summed E-state index contributed by atoms with van der Waals surface area (Å²) in [5.74, 6) is 1.78. The van der Waals surface area contributed by atoms with Gasteiger partial charge < -0.3 is 31.3 Å². The van der Waals surface area contributed by atoms with Gasteiger partial charge in [-0.3, -0.25) is 0 Å². The Kier molecular flexibility index (Phi) is 8.30. The van der Waals surface area contributed by atoms with Crippen LogP contribution >= 0.6 is 0 Å². The zero-order chi connectivity index (χ0) is 24.5. The minimum Gasteiger partial charge on any atom is -0.497 e. The number of amides is 2. The zero-order valence-corrected chi connectivity index (χ0v) is 20.1. The number of carbonyl (C=O) groups is 1. The molecule has 3 aromatic rings. The molecule has 184 valence electrons. The van der Waals surface area contributed by atoms with Crippen molar-refractivity contribution in [2.45, 2.75) is 11.3 Å². The summed E-state index contributed by atoms with van der Waals surface area (Å²) in [4.78, 5) is 21.8. The molecule has 1 unspecified atom stereocenters. The van der Waals surface area contributed by atoms with E-state index < -0.39 is 11.0 Å². The smallest absolute Gasteiger partial charge is 0.319 e. The van der Waals surface area contributed by atoms with Gasteiger partial charge in [-0.05, 0) is 48.9 Å². The van der Waals surface area contributed by atoms with E-state index in [1.165, 1.54) is 0 Å². The first-order valence-electron chi connectivity index (χ1n) is 11.2. The lowest BCUT2D eigenvalue weighted by Gasteiger charge is -2.15. The van der Waals surface area contributed by atoms with Crippen molar-refractivity contribution in [3.05, 3.63) is 54.7 Å². The molecule has 4 rings (SSSR count). The van der Waals surface area contributed by atoms with Crippen LogP contribution in [0.1, 0.15) is 6.42 Å². The van der Waals surface area contributed by atoms with Crippen LogP contribution in [0.2, 0.25) is 0 Å². The number of fused-ring (bicyclic) bond motifs is 4. The number of carbonyl (C=O) groups excluding carboxylic acids is 1. The molecule has 0 saturated heterocycles. The van der Waals surface area contributed by atoms with Crippen LogP contribution in [-0.4, -0.2) is 53.5 Å². The molecule has 0 spiro atoms. The third-order valence-corrected chi connectivity index (χ3v) is 6.19. The highest BCUT2D eigenvalue weighted by atomic mass is 32.2. The Morgan fingerprint density at radius 3 is 2.83 bits per heavy atom. The minimum absolute atomic E-state index is 0.302. The van der Waals surface area contributed by atoms with E-state index in [2.05, 4.69) is 41.3 Å². The number of aromatic nitrogens is 2. The lowest BCUT2D eigenvalue weighted by Crippen LogP contribution is -2.32. The fraction of sp³-hybridized carbons (Fsp3) is 0.261. The van der Waals surface area contributed by atoms with Crippen LogP contribution < -0.4 is 36.0 Å². The average Bonchev–Trinajstić information content (AvgIpc) is 2.88. The number of hydrogen-bond donors (Lipinski definition) is 6. The third kappa shape index (κ3) is 7.04. The summed E-state index contributed by atoms with van der Waals surface area (Å²) in [7, 11) is 0.309. The average molecular weight is 497 g/mol. The number of hydrogen-bond acceptors (Lipinski definition) is 8. The van der Waals surface area contributed by atoms with E-state index in [9.17, 15) is 9.00 Å². The van der Waals surface area contributed by atoms with Crippen LogP contribution in [0.4, 0.5) is 33.6 Å². The molecule has 1 aliphatic rings. The van der Waals surface area contributed by atoms with E-state index in [4.69, 9.17) is 4.74 Å². The van der Waals surface area contributed by atoms with Crippen molar-refractivity contribution in [1.29, 1.82) is 0 Å². The summed E-state index contributed by atoms with van der Waals surface area (Å²) >= 11 is 0. The Balaban J connectivity index is 1.34. The van der Waals surface area contributed by atoms with Crippen molar-refractivity contribution in [2.24, 2.45) is 0 Å². The van der Waals surface area contributed by atoms with E-state index in [0.717, 1.165) is 17.9 Å². The number of ether oxygens (including phenoxy) is 1. The molecule has 0 aliphatic carbocycles. The van der Waals surface area contributed by atoms with Gasteiger partial charge >= 0.3 is 6.03 Å². The van der Waals surface area contributed by atoms with Gasteiger partial charge in [-0.25, -0.2) is 18.7 Å². The Morgan fingerprint density at radius 2 is 2.00 bits per heavy atom. The van der Waals surface area contributed by atoms with Crippen molar-refractivity contribution >= 4 is 45.8 Å². The summed E-state index contributed by atoms with van der Waals surface area (Å²) in [5, 5.41) is 15.3. The molecule has 0 radical (unpaired) electrons. The van der Waals surface area contributed by atoms with Crippen LogP contribution in [0.5, 0.6) is 5.75 Å². The van der Waals surface area contributed by atoms with Gasteiger partial charge in [-0.1, -0.05) is 6.07 Å². The molecule has 1 aromatic heterocycles. The summed E-state index contributed by atoms with van der Waals surface area (Å²) in [5.41, 5.74) is 2.13. The SMILES string of the molecule is COc1ccc(NC(=O)NCCNc2cnc3nc2NCCCNS(=O)c2cccc(c2)N3)cc1. The minimum atomic E-state index is -1.28. The Labute approximate surface area is 206 Å². The number of rotatable bonds is 6. The largest absolute Gasteiger partial charge is 0.497 e. The first kappa shape index (κ1) is 24.2. The normalized spacial score (nSPS) is 15.2. The molecule has 11 nitrogen and oxygen atoms in total. The summed E-state index contributed by atoms with van der Waals surface area (Å²) in [6.45, 7) is 2.09. The fourth-order valence-electron chi connectivity index (χ4n) is 3.29. The van der Waals surface area contributed by atoms with Gasteiger partial charge in [0, 0.05) is 37.6 Å². The molecule has 2 heterocycles. The van der Waals surface area contributed by atoms with Crippen LogP contribution in [-0.2, 0) is 11.0 Å². The molecular weight excluding hydrogens is 468 g/mol. The number of anilines is 5. The van der Waals surface area contributed by atoms with Crippen molar-refractivity contribution in [3.63, 3.8) is 0 Å². The molecule has 0 fully saturated rings. The van der Waals surface area contributed by atoms with Gasteiger partial charge in [-0.15, -0.1) is 0 Å². The molecule has 2 aromatic carbocycles. The fourth-order valence-corrected chi connectivity index (χ4v) is 4.22. The van der Waals surface area contributed by atoms with E-state index in [1.54, 1.807) is 37.6 Å². The van der Waals surface area contributed by atoms with Gasteiger partial charge in [0.2, 0.25) is 5.95 Å². The number of methoxy groups -OCH3 is 1. The van der Waals surface area contributed by atoms with Crippen molar-refractivity contribution in [1.82, 2.24) is 20.0 Å². The quantitative estimate of drug-likeness (QED) is 0.286. The Morgan fingerprint density at radius 1 is 1.14 bits per heavy atom. The second-order valence-electron chi connectivity index (χ2n) is 7.59. The molecular formula is C23H28N8O3S. The standard InChI is InChI=1S/C23H28N8O3S/c1-34-18-8-6-16(7-9-18)30-23(32)26-13-12-24-20-15-27-22-29-17-4-2-5-19(14-17)35(33)28-11-3-10-25-21(20)31-22/h2,4-9,14-15,24,28H,3,10-13H2,1H3,(H2,26,30,32)(H2,25,27,29,31). The van der Waals surface area contributed by atoms with E-state index in [1.807, 2.05) is 24.3 Å². The molecule has 35 heavy (non-hydrogen) atoms. The topological polar surface area (TPSA) is 141 Å². The number of nitrogens with one attached hydrogen (secondary N) is 6. The second kappa shape index (κ2) is 12.0. The van der Waals surface area contributed by atoms with Gasteiger partial charge in [-0.2, -0.15) is 4.98 Å². The third-order valence-electron chi connectivity index (χ3n) is 5.05. The molecule has 4 bridgehead atoms. The Hall–Kier alpha value is -3.90. The highest BCUT2D eigenvalue weighted by Gasteiger charge is 2.11. The first-order chi connectivity index (χ1) is 17.1.